The number of morpholine rings is 1. The normalized spacial score (nSPS) is 20.9. The van der Waals surface area contributed by atoms with E-state index in [0.29, 0.717) is 42.9 Å². The van der Waals surface area contributed by atoms with Crippen molar-refractivity contribution in [1.29, 1.82) is 0 Å². The second-order valence-electron chi connectivity index (χ2n) is 8.86. The summed E-state index contributed by atoms with van der Waals surface area (Å²) in [5, 5.41) is 5.60. The number of benzene rings is 2. The summed E-state index contributed by atoms with van der Waals surface area (Å²) >= 11 is 0. The van der Waals surface area contributed by atoms with Gasteiger partial charge in [0.05, 0.1) is 13.2 Å². The van der Waals surface area contributed by atoms with E-state index in [0.717, 1.165) is 24.3 Å². The van der Waals surface area contributed by atoms with E-state index < -0.39 is 11.9 Å². The van der Waals surface area contributed by atoms with E-state index in [9.17, 15) is 14.4 Å². The molecule has 0 bridgehead atoms. The van der Waals surface area contributed by atoms with Crippen molar-refractivity contribution in [3.8, 4) is 0 Å². The zero-order chi connectivity index (χ0) is 23.7. The van der Waals surface area contributed by atoms with Gasteiger partial charge in [-0.1, -0.05) is 24.3 Å². The molecule has 3 aliphatic heterocycles. The van der Waals surface area contributed by atoms with Crippen LogP contribution < -0.4 is 10.6 Å². The minimum Gasteiger partial charge on any atom is -0.381 e. The molecule has 34 heavy (non-hydrogen) atoms. The Balaban J connectivity index is 1.30. The predicted octanol–water partition coefficient (Wildman–Crippen LogP) is 2.03. The van der Waals surface area contributed by atoms with Gasteiger partial charge in [0, 0.05) is 67.1 Å². The molecule has 2 aromatic rings. The molecule has 0 spiro atoms. The highest BCUT2D eigenvalue weighted by Crippen LogP contribution is 2.32. The number of nitrogens with zero attached hydrogens (tertiary/aromatic N) is 2. The highest BCUT2D eigenvalue weighted by atomic mass is 19.1. The van der Waals surface area contributed by atoms with Crippen molar-refractivity contribution >= 4 is 23.4 Å². The second-order valence-corrected chi connectivity index (χ2v) is 8.86. The van der Waals surface area contributed by atoms with E-state index in [1.54, 1.807) is 18.2 Å². The first-order valence-electron chi connectivity index (χ1n) is 11.6. The monoisotopic (exact) mass is 466 g/mol. The van der Waals surface area contributed by atoms with Crippen LogP contribution in [0.25, 0.3) is 0 Å². The minimum absolute atomic E-state index is 0.210. The van der Waals surface area contributed by atoms with E-state index in [4.69, 9.17) is 4.74 Å². The van der Waals surface area contributed by atoms with Crippen molar-refractivity contribution in [2.45, 2.75) is 38.5 Å². The number of rotatable bonds is 6. The molecule has 9 heteroatoms. The average molecular weight is 467 g/mol. The van der Waals surface area contributed by atoms with E-state index in [-0.39, 0.29) is 37.1 Å². The molecular weight excluding hydrogens is 439 g/mol. The molecule has 0 unspecified atom stereocenters. The summed E-state index contributed by atoms with van der Waals surface area (Å²) in [5.41, 5.74) is 3.24. The van der Waals surface area contributed by atoms with Gasteiger partial charge in [0.25, 0.3) is 5.91 Å². The average Bonchev–Trinajstić information content (AvgIpc) is 3.17. The predicted molar refractivity (Wildman–Crippen MR) is 122 cm³/mol. The maximum Gasteiger partial charge on any atom is 0.255 e. The number of anilines is 1. The van der Waals surface area contributed by atoms with Gasteiger partial charge in [0.2, 0.25) is 11.8 Å². The number of hydrogen-bond donors (Lipinski definition) is 2. The quantitative estimate of drug-likeness (QED) is 0.634. The van der Waals surface area contributed by atoms with Crippen molar-refractivity contribution in [3.05, 3.63) is 64.5 Å². The largest absolute Gasteiger partial charge is 0.381 e. The fraction of sp³-hybridized carbons (Fsp3) is 0.400. The summed E-state index contributed by atoms with van der Waals surface area (Å²) in [6.45, 7) is 3.98. The van der Waals surface area contributed by atoms with Gasteiger partial charge < -0.3 is 15.0 Å². The standard InChI is InChI=1S/C25H27FN4O4/c26-23-16(3-1-4-17(23)14-29-9-11-34-12-10-29)13-27-20-6-2-5-18-19(20)15-30(25(18)33)21-7-8-22(31)28-24(21)32/h1-6,21,27H,7-15H2,(H,28,31,32)/t21-/m1/s1. The van der Waals surface area contributed by atoms with Gasteiger partial charge in [-0.05, 0) is 18.6 Å². The Morgan fingerprint density at radius 3 is 2.62 bits per heavy atom. The maximum absolute atomic E-state index is 15.2. The summed E-state index contributed by atoms with van der Waals surface area (Å²) in [5.74, 6) is -1.21. The lowest BCUT2D eigenvalue weighted by atomic mass is 10.0. The summed E-state index contributed by atoms with van der Waals surface area (Å²) < 4.78 is 20.6. The zero-order valence-electron chi connectivity index (χ0n) is 18.8. The molecule has 5 rings (SSSR count). The number of carbonyl (C=O) groups excluding carboxylic acids is 3. The van der Waals surface area contributed by atoms with Crippen molar-refractivity contribution in [2.24, 2.45) is 0 Å². The topological polar surface area (TPSA) is 91.0 Å². The van der Waals surface area contributed by atoms with Crippen LogP contribution in [0.15, 0.2) is 36.4 Å². The zero-order valence-corrected chi connectivity index (χ0v) is 18.8. The molecule has 3 aliphatic rings. The van der Waals surface area contributed by atoms with Crippen molar-refractivity contribution in [2.75, 3.05) is 31.6 Å². The highest BCUT2D eigenvalue weighted by Gasteiger charge is 2.39. The van der Waals surface area contributed by atoms with Gasteiger partial charge in [-0.15, -0.1) is 0 Å². The SMILES string of the molecule is O=C1CC[C@@H](N2Cc3c(NCc4cccc(CN5CCOCC5)c4F)cccc3C2=O)C(=O)N1. The first kappa shape index (κ1) is 22.5. The third kappa shape index (κ3) is 4.41. The number of fused-ring (bicyclic) bond motifs is 1. The highest BCUT2D eigenvalue weighted by molar-refractivity contribution is 6.06. The number of hydrogen-bond acceptors (Lipinski definition) is 6. The summed E-state index contributed by atoms with van der Waals surface area (Å²) in [6, 6.07) is 10.1. The van der Waals surface area contributed by atoms with E-state index in [1.807, 2.05) is 18.2 Å². The van der Waals surface area contributed by atoms with Crippen LogP contribution in [0.3, 0.4) is 0 Å². The number of halogens is 1. The number of nitrogens with one attached hydrogen (secondary N) is 2. The van der Waals surface area contributed by atoms with Crippen LogP contribution in [0.2, 0.25) is 0 Å². The maximum atomic E-state index is 15.2. The fourth-order valence-electron chi connectivity index (χ4n) is 4.83. The summed E-state index contributed by atoms with van der Waals surface area (Å²) in [6.07, 6.45) is 0.524. The molecule has 2 fully saturated rings. The van der Waals surface area contributed by atoms with Gasteiger partial charge in [-0.25, -0.2) is 4.39 Å². The lowest BCUT2D eigenvalue weighted by Crippen LogP contribution is -2.52. The Morgan fingerprint density at radius 2 is 1.82 bits per heavy atom. The molecule has 2 aromatic carbocycles. The second kappa shape index (κ2) is 9.52. The van der Waals surface area contributed by atoms with Gasteiger partial charge >= 0.3 is 0 Å². The lowest BCUT2D eigenvalue weighted by Gasteiger charge is -2.29. The van der Waals surface area contributed by atoms with Crippen LogP contribution in [-0.4, -0.2) is 59.9 Å². The minimum atomic E-state index is -0.667. The smallest absolute Gasteiger partial charge is 0.255 e. The Bertz CT molecular complexity index is 1130. The fourth-order valence-corrected chi connectivity index (χ4v) is 4.83. The van der Waals surface area contributed by atoms with Crippen molar-refractivity contribution < 1.29 is 23.5 Å². The number of piperidine rings is 1. The Kier molecular flexibility index (Phi) is 6.30. The van der Waals surface area contributed by atoms with E-state index in [1.165, 1.54) is 4.90 Å². The first-order valence-corrected chi connectivity index (χ1v) is 11.6. The van der Waals surface area contributed by atoms with Crippen molar-refractivity contribution in [1.82, 2.24) is 15.1 Å². The molecule has 3 heterocycles. The molecule has 3 amide bonds. The van der Waals surface area contributed by atoms with Gasteiger partial charge in [0.15, 0.2) is 0 Å². The number of imide groups is 1. The Labute approximate surface area is 197 Å². The molecule has 0 radical (unpaired) electrons. The number of carbonyl (C=O) groups is 3. The Morgan fingerprint density at radius 1 is 1.06 bits per heavy atom. The number of ether oxygens (including phenoxy) is 1. The molecule has 2 N–H and O–H groups in total. The van der Waals surface area contributed by atoms with Crippen LogP contribution in [0.5, 0.6) is 0 Å². The summed E-state index contributed by atoms with van der Waals surface area (Å²) in [7, 11) is 0. The molecule has 178 valence electrons. The molecule has 2 saturated heterocycles. The third-order valence-electron chi connectivity index (χ3n) is 6.71. The van der Waals surface area contributed by atoms with E-state index in [2.05, 4.69) is 15.5 Å². The Hall–Kier alpha value is -3.30. The van der Waals surface area contributed by atoms with Gasteiger partial charge in [0.1, 0.15) is 11.9 Å². The number of amides is 3. The first-order chi connectivity index (χ1) is 16.5. The molecule has 8 nitrogen and oxygen atoms in total. The molecular formula is C25H27FN4O4. The molecule has 0 saturated carbocycles. The van der Waals surface area contributed by atoms with Gasteiger partial charge in [-0.2, -0.15) is 0 Å². The van der Waals surface area contributed by atoms with E-state index >= 15 is 4.39 Å². The molecule has 0 aliphatic carbocycles. The van der Waals surface area contributed by atoms with Gasteiger partial charge in [-0.3, -0.25) is 24.6 Å². The van der Waals surface area contributed by atoms with Crippen LogP contribution in [0.4, 0.5) is 10.1 Å². The van der Waals surface area contributed by atoms with Crippen LogP contribution >= 0.6 is 0 Å². The third-order valence-corrected chi connectivity index (χ3v) is 6.71. The summed E-state index contributed by atoms with van der Waals surface area (Å²) in [4.78, 5) is 40.5. The van der Waals surface area contributed by atoms with Crippen LogP contribution in [-0.2, 0) is 34.0 Å². The van der Waals surface area contributed by atoms with Crippen LogP contribution in [0, 0.1) is 5.82 Å². The van der Waals surface area contributed by atoms with Crippen LogP contribution in [0.1, 0.15) is 39.9 Å². The van der Waals surface area contributed by atoms with Crippen molar-refractivity contribution in [3.63, 3.8) is 0 Å². The molecule has 1 atom stereocenters. The molecule has 0 aromatic heterocycles. The lowest BCUT2D eigenvalue weighted by molar-refractivity contribution is -0.136.